The fourth-order valence-electron chi connectivity index (χ4n) is 2.76. The van der Waals surface area contributed by atoms with Crippen molar-refractivity contribution in [2.45, 2.75) is 0 Å². The van der Waals surface area contributed by atoms with Crippen LogP contribution < -0.4 is 0 Å². The fourth-order valence-corrected chi connectivity index (χ4v) is 3.15. The van der Waals surface area contributed by atoms with Gasteiger partial charge in [-0.25, -0.2) is 4.39 Å². The van der Waals surface area contributed by atoms with Crippen molar-refractivity contribution in [2.24, 2.45) is 0 Å². The normalized spacial score (nSPS) is 11.3. The Hall–Kier alpha value is -3.08. The second kappa shape index (κ2) is 8.11. The molecule has 0 bridgehead atoms. The van der Waals surface area contributed by atoms with Gasteiger partial charge in [0.2, 0.25) is 5.78 Å². The molecule has 3 nitrogen and oxygen atoms in total. The third-order valence-corrected chi connectivity index (χ3v) is 5.04. The molecule has 0 saturated carbocycles. The quantitative estimate of drug-likeness (QED) is 0.244. The van der Waals surface area contributed by atoms with E-state index in [2.05, 4.69) is 0 Å². The van der Waals surface area contributed by atoms with E-state index in [4.69, 9.17) is 32.0 Å². The van der Waals surface area contributed by atoms with Gasteiger partial charge < -0.3 is 8.83 Å². The SMILES string of the molecule is O=C(/C=C/c1ccc(-c2cccc(Cl)c2Cl)o1)c1ccc(-c2ccc(F)cc2)o1. The largest absolute Gasteiger partial charge is 0.457 e. The zero-order valence-corrected chi connectivity index (χ0v) is 16.4. The third kappa shape index (κ3) is 4.19. The molecule has 0 aliphatic carbocycles. The van der Waals surface area contributed by atoms with E-state index in [0.717, 1.165) is 0 Å². The topological polar surface area (TPSA) is 43.4 Å². The number of carbonyl (C=O) groups is 1. The van der Waals surface area contributed by atoms with E-state index in [9.17, 15) is 9.18 Å². The van der Waals surface area contributed by atoms with Gasteiger partial charge in [0.05, 0.1) is 10.0 Å². The highest BCUT2D eigenvalue weighted by Gasteiger charge is 2.12. The lowest BCUT2D eigenvalue weighted by atomic mass is 10.2. The lowest BCUT2D eigenvalue weighted by Gasteiger charge is -2.01. The number of furan rings is 2. The minimum Gasteiger partial charge on any atom is -0.457 e. The van der Waals surface area contributed by atoms with Gasteiger partial charge in [0.15, 0.2) is 5.76 Å². The molecular formula is C23H13Cl2FO3. The van der Waals surface area contributed by atoms with Crippen molar-refractivity contribution in [1.29, 1.82) is 0 Å². The van der Waals surface area contributed by atoms with E-state index in [1.54, 1.807) is 60.7 Å². The molecule has 2 aromatic heterocycles. The molecule has 0 aliphatic rings. The molecule has 2 heterocycles. The number of allylic oxidation sites excluding steroid dienone is 1. The number of rotatable bonds is 5. The summed E-state index contributed by atoms with van der Waals surface area (Å²) < 4.78 is 24.3. The molecule has 144 valence electrons. The summed E-state index contributed by atoms with van der Waals surface area (Å²) in [5, 5.41) is 0.835. The van der Waals surface area contributed by atoms with Crippen LogP contribution in [0.4, 0.5) is 4.39 Å². The van der Waals surface area contributed by atoms with E-state index < -0.39 is 0 Å². The van der Waals surface area contributed by atoms with Gasteiger partial charge in [-0.15, -0.1) is 0 Å². The first kappa shape index (κ1) is 19.2. The van der Waals surface area contributed by atoms with E-state index in [1.165, 1.54) is 18.2 Å². The standard InChI is InChI=1S/C23H13Cl2FO3/c24-18-3-1-2-17(23(18)25)21-11-9-16(28-21)8-10-19(27)22-13-12-20(29-22)14-4-6-15(26)7-5-14/h1-13H/b10-8+. The van der Waals surface area contributed by atoms with Crippen LogP contribution >= 0.6 is 23.2 Å². The second-order valence-electron chi connectivity index (χ2n) is 6.17. The van der Waals surface area contributed by atoms with Gasteiger partial charge in [0.25, 0.3) is 0 Å². The summed E-state index contributed by atoms with van der Waals surface area (Å²) in [7, 11) is 0. The molecule has 0 radical (unpaired) electrons. The number of halogens is 3. The molecule has 6 heteroatoms. The first-order chi connectivity index (χ1) is 14.0. The van der Waals surface area contributed by atoms with Crippen LogP contribution in [0.1, 0.15) is 16.3 Å². The lowest BCUT2D eigenvalue weighted by molar-refractivity contribution is 0.102. The van der Waals surface area contributed by atoms with E-state index in [1.807, 2.05) is 0 Å². The summed E-state index contributed by atoms with van der Waals surface area (Å²) in [5.41, 5.74) is 1.35. The summed E-state index contributed by atoms with van der Waals surface area (Å²) in [6.07, 6.45) is 2.90. The minimum absolute atomic E-state index is 0.172. The van der Waals surface area contributed by atoms with Gasteiger partial charge in [-0.1, -0.05) is 29.3 Å². The minimum atomic E-state index is -0.337. The summed E-state index contributed by atoms with van der Waals surface area (Å²) in [5.74, 6) is 1.02. The summed E-state index contributed by atoms with van der Waals surface area (Å²) >= 11 is 12.2. The maximum Gasteiger partial charge on any atom is 0.221 e. The van der Waals surface area contributed by atoms with E-state index in [-0.39, 0.29) is 17.4 Å². The maximum absolute atomic E-state index is 13.0. The highest BCUT2D eigenvalue weighted by atomic mass is 35.5. The number of benzene rings is 2. The first-order valence-electron chi connectivity index (χ1n) is 8.64. The molecule has 29 heavy (non-hydrogen) atoms. The van der Waals surface area contributed by atoms with E-state index >= 15 is 0 Å². The smallest absolute Gasteiger partial charge is 0.221 e. The Morgan fingerprint density at radius 3 is 2.41 bits per heavy atom. The van der Waals surface area contributed by atoms with Gasteiger partial charge in [-0.3, -0.25) is 4.79 Å². The Kier molecular flexibility index (Phi) is 5.38. The highest BCUT2D eigenvalue weighted by molar-refractivity contribution is 6.43. The van der Waals surface area contributed by atoms with Crippen molar-refractivity contribution in [3.8, 4) is 22.6 Å². The summed E-state index contributed by atoms with van der Waals surface area (Å²) in [6, 6.07) is 17.8. The first-order valence-corrected chi connectivity index (χ1v) is 9.39. The molecule has 0 N–H and O–H groups in total. The lowest BCUT2D eigenvalue weighted by Crippen LogP contribution is -1.90. The molecule has 0 fully saturated rings. The zero-order valence-electron chi connectivity index (χ0n) is 14.9. The van der Waals surface area contributed by atoms with Crippen molar-refractivity contribution >= 4 is 35.1 Å². The third-order valence-electron chi connectivity index (χ3n) is 4.22. The Labute approximate surface area is 176 Å². The predicted octanol–water partition coefficient (Wildman–Crippen LogP) is 7.55. The summed E-state index contributed by atoms with van der Waals surface area (Å²) in [4.78, 5) is 12.4. The van der Waals surface area contributed by atoms with Gasteiger partial charge in [-0.2, -0.15) is 0 Å². The average Bonchev–Trinajstić information content (AvgIpc) is 3.39. The van der Waals surface area contributed by atoms with Crippen molar-refractivity contribution in [2.75, 3.05) is 0 Å². The summed E-state index contributed by atoms with van der Waals surface area (Å²) in [6.45, 7) is 0. The molecule has 0 saturated heterocycles. The van der Waals surface area contributed by atoms with Crippen LogP contribution in [-0.4, -0.2) is 5.78 Å². The van der Waals surface area contributed by atoms with Crippen LogP contribution in [0.2, 0.25) is 10.0 Å². The monoisotopic (exact) mass is 426 g/mol. The molecule has 4 rings (SSSR count). The van der Waals surface area contributed by atoms with Crippen LogP contribution in [0.15, 0.2) is 81.6 Å². The molecular weight excluding hydrogens is 414 g/mol. The Morgan fingerprint density at radius 1 is 0.862 bits per heavy atom. The zero-order chi connectivity index (χ0) is 20.4. The predicted molar refractivity (Wildman–Crippen MR) is 112 cm³/mol. The molecule has 0 unspecified atom stereocenters. The van der Waals surface area contributed by atoms with Gasteiger partial charge >= 0.3 is 0 Å². The molecule has 0 aliphatic heterocycles. The number of hydrogen-bond donors (Lipinski definition) is 0. The number of carbonyl (C=O) groups excluding carboxylic acids is 1. The van der Waals surface area contributed by atoms with Gasteiger partial charge in [0.1, 0.15) is 23.1 Å². The van der Waals surface area contributed by atoms with Crippen molar-refractivity contribution in [3.05, 3.63) is 100 Å². The van der Waals surface area contributed by atoms with Crippen LogP contribution in [-0.2, 0) is 0 Å². The van der Waals surface area contributed by atoms with Crippen LogP contribution in [0, 0.1) is 5.82 Å². The van der Waals surface area contributed by atoms with Crippen LogP contribution in [0.25, 0.3) is 28.7 Å². The highest BCUT2D eigenvalue weighted by Crippen LogP contribution is 2.34. The van der Waals surface area contributed by atoms with Gasteiger partial charge in [0, 0.05) is 11.1 Å². The van der Waals surface area contributed by atoms with Gasteiger partial charge in [-0.05, 0) is 72.8 Å². The average molecular weight is 427 g/mol. The van der Waals surface area contributed by atoms with E-state index in [0.29, 0.717) is 38.5 Å². The number of ketones is 1. The Bertz CT molecular complexity index is 1200. The van der Waals surface area contributed by atoms with Crippen LogP contribution in [0.3, 0.4) is 0 Å². The maximum atomic E-state index is 13.0. The molecule has 4 aromatic rings. The molecule has 0 atom stereocenters. The number of hydrogen-bond acceptors (Lipinski definition) is 3. The molecule has 0 spiro atoms. The van der Waals surface area contributed by atoms with Crippen LogP contribution in [0.5, 0.6) is 0 Å². The second-order valence-corrected chi connectivity index (χ2v) is 6.96. The Balaban J connectivity index is 1.50. The fraction of sp³-hybridized carbons (Fsp3) is 0. The van der Waals surface area contributed by atoms with Crippen molar-refractivity contribution < 1.29 is 18.0 Å². The molecule has 2 aromatic carbocycles. The molecule has 0 amide bonds. The van der Waals surface area contributed by atoms with Crippen molar-refractivity contribution in [1.82, 2.24) is 0 Å². The van der Waals surface area contributed by atoms with Crippen molar-refractivity contribution in [3.63, 3.8) is 0 Å². The Morgan fingerprint density at radius 2 is 1.62 bits per heavy atom.